The van der Waals surface area contributed by atoms with E-state index in [-0.39, 0.29) is 11.6 Å². The van der Waals surface area contributed by atoms with Crippen LogP contribution in [0.15, 0.2) is 53.0 Å². The van der Waals surface area contributed by atoms with Crippen molar-refractivity contribution in [3.8, 4) is 0 Å². The van der Waals surface area contributed by atoms with Gasteiger partial charge in [-0.3, -0.25) is 9.59 Å². The molecule has 0 spiro atoms. The lowest BCUT2D eigenvalue weighted by molar-refractivity contribution is -0.132. The van der Waals surface area contributed by atoms with Crippen molar-refractivity contribution in [3.05, 3.63) is 69.7 Å². The number of Topliss-reactive ketones (excluding diaryl/α,β-unsaturated/α-hetero) is 2. The van der Waals surface area contributed by atoms with Crippen LogP contribution in [0.25, 0.3) is 12.2 Å². The molecule has 0 radical (unpaired) electrons. The molecule has 2 rings (SSSR count). The Labute approximate surface area is 158 Å². The topological polar surface area (TPSA) is 34.1 Å². The van der Waals surface area contributed by atoms with Crippen molar-refractivity contribution in [1.82, 2.24) is 0 Å². The summed E-state index contributed by atoms with van der Waals surface area (Å²) in [6.07, 6.45) is 5.43. The fourth-order valence-electron chi connectivity index (χ4n) is 2.67. The highest BCUT2D eigenvalue weighted by Crippen LogP contribution is 2.17. The van der Waals surface area contributed by atoms with E-state index in [0.29, 0.717) is 19.3 Å². The first-order valence-corrected chi connectivity index (χ1v) is 9.40. The molecule has 0 aliphatic rings. The first-order valence-electron chi connectivity index (χ1n) is 8.61. The molecule has 0 unspecified atom stereocenters. The molecular formula is C22H23BrO2. The molecule has 0 fully saturated rings. The lowest BCUT2D eigenvalue weighted by Crippen LogP contribution is -2.25. The lowest BCUT2D eigenvalue weighted by Gasteiger charge is -2.13. The molecule has 0 amide bonds. The van der Waals surface area contributed by atoms with Gasteiger partial charge in [0.2, 0.25) is 0 Å². The third-order valence-electron chi connectivity index (χ3n) is 4.23. The molecule has 0 saturated heterocycles. The van der Waals surface area contributed by atoms with Crippen molar-refractivity contribution >= 4 is 39.6 Å². The molecule has 0 atom stereocenters. The van der Waals surface area contributed by atoms with Crippen molar-refractivity contribution in [1.29, 1.82) is 0 Å². The maximum absolute atomic E-state index is 12.0. The van der Waals surface area contributed by atoms with Gasteiger partial charge in [-0.25, -0.2) is 0 Å². The van der Waals surface area contributed by atoms with E-state index in [9.17, 15) is 9.59 Å². The summed E-state index contributed by atoms with van der Waals surface area (Å²) < 4.78 is 1.06. The first kappa shape index (κ1) is 19.3. The number of hydrogen-bond acceptors (Lipinski definition) is 2. The van der Waals surface area contributed by atoms with E-state index in [4.69, 9.17) is 0 Å². The average Bonchev–Trinajstić information content (AvgIpc) is 2.65. The van der Waals surface area contributed by atoms with Gasteiger partial charge in [0, 0.05) is 17.3 Å². The van der Waals surface area contributed by atoms with E-state index < -0.39 is 5.92 Å². The van der Waals surface area contributed by atoms with Crippen LogP contribution in [-0.2, 0) is 16.0 Å². The predicted molar refractivity (Wildman–Crippen MR) is 107 cm³/mol. The van der Waals surface area contributed by atoms with Crippen LogP contribution in [0.1, 0.15) is 43.4 Å². The number of carbonyl (C=O) groups excluding carboxylic acids is 2. The monoisotopic (exact) mass is 398 g/mol. The molecule has 0 aromatic heterocycles. The molecule has 0 aliphatic carbocycles. The van der Waals surface area contributed by atoms with Gasteiger partial charge in [0.05, 0.1) is 5.92 Å². The molecule has 130 valence electrons. The van der Waals surface area contributed by atoms with Crippen molar-refractivity contribution in [3.63, 3.8) is 0 Å². The highest BCUT2D eigenvalue weighted by Gasteiger charge is 2.23. The van der Waals surface area contributed by atoms with E-state index >= 15 is 0 Å². The third-order valence-corrected chi connectivity index (χ3v) is 4.76. The minimum atomic E-state index is -0.501. The average molecular weight is 399 g/mol. The SMILES string of the molecule is CCC(=O)C(Cc1ccc(/C=C/c2ccc(Br)cc2)cc1)C(=O)CC. The second kappa shape index (κ2) is 9.47. The smallest absolute Gasteiger partial charge is 0.143 e. The second-order valence-corrected chi connectivity index (χ2v) is 6.94. The fourth-order valence-corrected chi connectivity index (χ4v) is 2.93. The Morgan fingerprint density at radius 1 is 0.840 bits per heavy atom. The molecule has 25 heavy (non-hydrogen) atoms. The van der Waals surface area contributed by atoms with Gasteiger partial charge in [-0.05, 0) is 35.2 Å². The summed E-state index contributed by atoms with van der Waals surface area (Å²) in [5.41, 5.74) is 3.25. The molecule has 0 saturated carbocycles. The summed E-state index contributed by atoms with van der Waals surface area (Å²) in [4.78, 5) is 24.1. The molecule has 2 aromatic carbocycles. The van der Waals surface area contributed by atoms with Gasteiger partial charge in [0.1, 0.15) is 11.6 Å². The Hall–Kier alpha value is -2.00. The zero-order valence-electron chi connectivity index (χ0n) is 14.7. The zero-order valence-corrected chi connectivity index (χ0v) is 16.3. The fraction of sp³-hybridized carbons (Fsp3) is 0.273. The van der Waals surface area contributed by atoms with Crippen LogP contribution in [0.3, 0.4) is 0 Å². The van der Waals surface area contributed by atoms with Gasteiger partial charge < -0.3 is 0 Å². The van der Waals surface area contributed by atoms with Crippen LogP contribution >= 0.6 is 15.9 Å². The van der Waals surface area contributed by atoms with E-state index in [1.54, 1.807) is 0 Å². The van der Waals surface area contributed by atoms with E-state index in [1.807, 2.05) is 62.4 Å². The predicted octanol–water partition coefficient (Wildman–Crippen LogP) is 5.74. The van der Waals surface area contributed by atoms with Crippen molar-refractivity contribution in [2.24, 2.45) is 5.92 Å². The van der Waals surface area contributed by atoms with Crippen LogP contribution < -0.4 is 0 Å². The molecular weight excluding hydrogens is 376 g/mol. The van der Waals surface area contributed by atoms with Crippen LogP contribution in [0.5, 0.6) is 0 Å². The molecule has 0 N–H and O–H groups in total. The molecule has 2 nitrogen and oxygen atoms in total. The Bertz CT molecular complexity index is 727. The Morgan fingerprint density at radius 2 is 1.28 bits per heavy atom. The first-order chi connectivity index (χ1) is 12.0. The quantitative estimate of drug-likeness (QED) is 0.419. The van der Waals surface area contributed by atoms with Crippen molar-refractivity contribution < 1.29 is 9.59 Å². The number of hydrogen-bond donors (Lipinski definition) is 0. The maximum Gasteiger partial charge on any atom is 0.143 e. The van der Waals surface area contributed by atoms with Crippen molar-refractivity contribution in [2.75, 3.05) is 0 Å². The summed E-state index contributed by atoms with van der Waals surface area (Å²) >= 11 is 3.43. The number of benzene rings is 2. The normalized spacial score (nSPS) is 11.2. The summed E-state index contributed by atoms with van der Waals surface area (Å²) in [7, 11) is 0. The molecule has 3 heteroatoms. The summed E-state index contributed by atoms with van der Waals surface area (Å²) in [5, 5.41) is 0. The molecule has 0 bridgehead atoms. The highest BCUT2D eigenvalue weighted by molar-refractivity contribution is 9.10. The zero-order chi connectivity index (χ0) is 18.2. The van der Waals surface area contributed by atoms with Gasteiger partial charge in [-0.15, -0.1) is 0 Å². The van der Waals surface area contributed by atoms with Gasteiger partial charge in [0.25, 0.3) is 0 Å². The van der Waals surface area contributed by atoms with Gasteiger partial charge >= 0.3 is 0 Å². The Balaban J connectivity index is 2.06. The van der Waals surface area contributed by atoms with E-state index in [2.05, 4.69) is 28.1 Å². The van der Waals surface area contributed by atoms with Crippen LogP contribution in [-0.4, -0.2) is 11.6 Å². The highest BCUT2D eigenvalue weighted by atomic mass is 79.9. The maximum atomic E-state index is 12.0. The largest absolute Gasteiger partial charge is 0.299 e. The molecule has 0 heterocycles. The van der Waals surface area contributed by atoms with Crippen LogP contribution in [0, 0.1) is 5.92 Å². The minimum absolute atomic E-state index is 0.0334. The lowest BCUT2D eigenvalue weighted by atomic mass is 9.89. The summed E-state index contributed by atoms with van der Waals surface area (Å²) in [6, 6.07) is 16.2. The number of ketones is 2. The minimum Gasteiger partial charge on any atom is -0.299 e. The van der Waals surface area contributed by atoms with Crippen molar-refractivity contribution in [2.45, 2.75) is 33.1 Å². The number of carbonyl (C=O) groups is 2. The number of rotatable bonds is 8. The summed E-state index contributed by atoms with van der Waals surface area (Å²) in [5.74, 6) is -0.434. The van der Waals surface area contributed by atoms with Crippen LogP contribution in [0.2, 0.25) is 0 Å². The third kappa shape index (κ3) is 5.79. The van der Waals surface area contributed by atoms with Gasteiger partial charge in [0.15, 0.2) is 0 Å². The Morgan fingerprint density at radius 3 is 1.72 bits per heavy atom. The standard InChI is InChI=1S/C22H23BrO2/c1-3-21(24)20(22(25)4-2)15-18-9-7-16(8-10-18)5-6-17-11-13-19(23)14-12-17/h5-14,20H,3-4,15H2,1-2H3/b6-5+. The van der Waals surface area contributed by atoms with Gasteiger partial charge in [-0.1, -0.05) is 78.3 Å². The van der Waals surface area contributed by atoms with E-state index in [1.165, 1.54) is 0 Å². The molecule has 0 aliphatic heterocycles. The Kier molecular flexibility index (Phi) is 7.32. The number of halogens is 1. The second-order valence-electron chi connectivity index (χ2n) is 6.02. The summed E-state index contributed by atoms with van der Waals surface area (Å²) in [6.45, 7) is 3.63. The van der Waals surface area contributed by atoms with Crippen LogP contribution in [0.4, 0.5) is 0 Å². The molecule has 2 aromatic rings. The van der Waals surface area contributed by atoms with E-state index in [0.717, 1.165) is 21.2 Å². The van der Waals surface area contributed by atoms with Gasteiger partial charge in [-0.2, -0.15) is 0 Å².